The molecule has 170 valence electrons. The smallest absolute Gasteiger partial charge is 0.323 e. The molecule has 5 aromatic rings. The number of carbonyl (C=O) groups is 1. The third kappa shape index (κ3) is 3.53. The maximum atomic E-state index is 14.9. The van der Waals surface area contributed by atoms with E-state index in [1.165, 1.54) is 15.3 Å². The van der Waals surface area contributed by atoms with Crippen LogP contribution >= 0.6 is 0 Å². The van der Waals surface area contributed by atoms with Crippen LogP contribution in [-0.2, 0) is 17.9 Å². The highest BCUT2D eigenvalue weighted by Crippen LogP contribution is 2.38. The van der Waals surface area contributed by atoms with Crippen LogP contribution in [0.25, 0.3) is 32.9 Å². The number of hydrogen-bond donors (Lipinski definition) is 1. The highest BCUT2D eigenvalue weighted by atomic mass is 19.1. The monoisotopic (exact) mass is 459 g/mol. The van der Waals surface area contributed by atoms with Gasteiger partial charge in [0.25, 0.3) is 5.56 Å². The lowest BCUT2D eigenvalue weighted by atomic mass is 10.0. The molecular weight excluding hydrogens is 440 g/mol. The average molecular weight is 459 g/mol. The van der Waals surface area contributed by atoms with E-state index in [2.05, 4.69) is 5.10 Å². The van der Waals surface area contributed by atoms with E-state index in [4.69, 9.17) is 0 Å². The van der Waals surface area contributed by atoms with Gasteiger partial charge in [-0.1, -0.05) is 48.5 Å². The van der Waals surface area contributed by atoms with E-state index in [0.717, 1.165) is 11.6 Å². The minimum Gasteiger partial charge on any atom is -0.480 e. The molecule has 3 aromatic carbocycles. The molecule has 2 aromatic heterocycles. The summed E-state index contributed by atoms with van der Waals surface area (Å²) in [7, 11) is 0. The number of halogens is 2. The zero-order chi connectivity index (χ0) is 24.0. The molecule has 34 heavy (non-hydrogen) atoms. The molecule has 0 amide bonds. The summed E-state index contributed by atoms with van der Waals surface area (Å²) in [5.41, 5.74) is 1.68. The van der Waals surface area contributed by atoms with Gasteiger partial charge in [0.2, 0.25) is 0 Å². The van der Waals surface area contributed by atoms with Crippen molar-refractivity contribution in [3.05, 3.63) is 100.0 Å². The molecule has 0 aliphatic rings. The van der Waals surface area contributed by atoms with E-state index in [9.17, 15) is 23.5 Å². The molecular formula is C26H19F2N3O3. The number of nitrogens with zero attached hydrogens (tertiary/aromatic N) is 3. The van der Waals surface area contributed by atoms with Gasteiger partial charge in [-0.25, -0.2) is 13.5 Å². The summed E-state index contributed by atoms with van der Waals surface area (Å²) in [5.74, 6) is -2.82. The van der Waals surface area contributed by atoms with Gasteiger partial charge in [-0.15, -0.1) is 0 Å². The van der Waals surface area contributed by atoms with E-state index < -0.39 is 24.1 Å². The van der Waals surface area contributed by atoms with Crippen LogP contribution < -0.4 is 5.56 Å². The number of hydrogen-bond acceptors (Lipinski definition) is 3. The zero-order valence-corrected chi connectivity index (χ0v) is 18.1. The molecule has 0 saturated carbocycles. The molecule has 0 radical (unpaired) electrons. The maximum absolute atomic E-state index is 14.9. The van der Waals surface area contributed by atoms with Gasteiger partial charge in [-0.2, -0.15) is 5.10 Å². The van der Waals surface area contributed by atoms with Gasteiger partial charge in [-0.3, -0.25) is 9.59 Å². The first-order valence-corrected chi connectivity index (χ1v) is 10.6. The lowest BCUT2D eigenvalue weighted by molar-refractivity contribution is -0.137. The molecule has 5 rings (SSSR count). The predicted octanol–water partition coefficient (Wildman–Crippen LogP) is 4.74. The number of fused-ring (bicyclic) bond motifs is 2. The maximum Gasteiger partial charge on any atom is 0.323 e. The Hall–Kier alpha value is -4.33. The third-order valence-corrected chi connectivity index (χ3v) is 5.91. The Kier molecular flexibility index (Phi) is 5.20. The summed E-state index contributed by atoms with van der Waals surface area (Å²) in [6.07, 6.45) is 0. The number of benzene rings is 3. The van der Waals surface area contributed by atoms with Crippen molar-refractivity contribution in [2.45, 2.75) is 20.0 Å². The quantitative estimate of drug-likeness (QED) is 0.412. The second kappa shape index (κ2) is 8.22. The Morgan fingerprint density at radius 2 is 1.65 bits per heavy atom. The van der Waals surface area contributed by atoms with Crippen LogP contribution in [-0.4, -0.2) is 25.4 Å². The standard InChI is InChI=1S/C26H19F2N3O3/c1-15-23(20-11-17(27)12-21(28)25(20)30(15)14-22(32)33)24-18-9-5-6-10-19(18)26(34)31(29-24)13-16-7-3-2-4-8-16/h2-12H,13-14H2,1H3,(H,32,33). The Morgan fingerprint density at radius 3 is 2.35 bits per heavy atom. The molecule has 0 aliphatic heterocycles. The van der Waals surface area contributed by atoms with Gasteiger partial charge in [0.05, 0.1) is 17.4 Å². The minimum atomic E-state index is -1.16. The second-order valence-corrected chi connectivity index (χ2v) is 8.07. The molecule has 0 aliphatic carbocycles. The Labute approximate surface area is 192 Å². The first-order chi connectivity index (χ1) is 16.3. The topological polar surface area (TPSA) is 77.1 Å². The summed E-state index contributed by atoms with van der Waals surface area (Å²) in [5, 5.41) is 15.1. The summed E-state index contributed by atoms with van der Waals surface area (Å²) >= 11 is 0. The van der Waals surface area contributed by atoms with Crippen LogP contribution in [0.2, 0.25) is 0 Å². The number of carboxylic acids is 1. The van der Waals surface area contributed by atoms with Crippen LogP contribution in [0.15, 0.2) is 71.5 Å². The first-order valence-electron chi connectivity index (χ1n) is 10.6. The highest BCUT2D eigenvalue weighted by molar-refractivity contribution is 6.05. The van der Waals surface area contributed by atoms with E-state index >= 15 is 0 Å². The zero-order valence-electron chi connectivity index (χ0n) is 18.1. The molecule has 1 N–H and O–H groups in total. The van der Waals surface area contributed by atoms with Crippen molar-refractivity contribution in [3.8, 4) is 11.3 Å². The predicted molar refractivity (Wildman–Crippen MR) is 125 cm³/mol. The average Bonchev–Trinajstić information content (AvgIpc) is 3.07. The fraction of sp³-hybridized carbons (Fsp3) is 0.115. The van der Waals surface area contributed by atoms with E-state index in [0.29, 0.717) is 27.7 Å². The summed E-state index contributed by atoms with van der Waals surface area (Å²) in [4.78, 5) is 24.7. The second-order valence-electron chi connectivity index (χ2n) is 8.07. The Balaban J connectivity index is 1.87. The van der Waals surface area contributed by atoms with E-state index in [1.54, 1.807) is 31.2 Å². The van der Waals surface area contributed by atoms with Crippen LogP contribution in [0, 0.1) is 18.6 Å². The van der Waals surface area contributed by atoms with Crippen molar-refractivity contribution in [1.29, 1.82) is 0 Å². The molecule has 8 heteroatoms. The summed E-state index contributed by atoms with van der Waals surface area (Å²) in [6, 6.07) is 18.1. The molecule has 6 nitrogen and oxygen atoms in total. The highest BCUT2D eigenvalue weighted by Gasteiger charge is 2.24. The molecule has 0 spiro atoms. The molecule has 2 heterocycles. The van der Waals surface area contributed by atoms with E-state index in [1.807, 2.05) is 30.3 Å². The van der Waals surface area contributed by atoms with Crippen molar-refractivity contribution < 1.29 is 18.7 Å². The van der Waals surface area contributed by atoms with Crippen molar-refractivity contribution in [2.24, 2.45) is 0 Å². The van der Waals surface area contributed by atoms with Crippen molar-refractivity contribution in [3.63, 3.8) is 0 Å². The van der Waals surface area contributed by atoms with Gasteiger partial charge in [0.1, 0.15) is 23.9 Å². The molecule has 0 bridgehead atoms. The lowest BCUT2D eigenvalue weighted by Crippen LogP contribution is -2.24. The van der Waals surface area contributed by atoms with Gasteiger partial charge >= 0.3 is 5.97 Å². The number of carboxylic acid groups (broad SMARTS) is 1. The number of aliphatic carboxylic acids is 1. The van der Waals surface area contributed by atoms with Crippen molar-refractivity contribution >= 4 is 27.6 Å². The summed E-state index contributed by atoms with van der Waals surface area (Å²) in [6.45, 7) is 1.33. The van der Waals surface area contributed by atoms with Gasteiger partial charge in [-0.05, 0) is 24.6 Å². The fourth-order valence-corrected chi connectivity index (χ4v) is 4.44. The van der Waals surface area contributed by atoms with Crippen LogP contribution in [0.4, 0.5) is 8.78 Å². The minimum absolute atomic E-state index is 0.0250. The molecule has 0 atom stereocenters. The SMILES string of the molecule is Cc1c(-c2nn(Cc3ccccc3)c(=O)c3ccccc23)c2cc(F)cc(F)c2n1CC(=O)O. The van der Waals surface area contributed by atoms with Crippen molar-refractivity contribution in [1.82, 2.24) is 14.3 Å². The largest absolute Gasteiger partial charge is 0.480 e. The number of aromatic nitrogens is 3. The third-order valence-electron chi connectivity index (χ3n) is 5.91. The van der Waals surface area contributed by atoms with Crippen LogP contribution in [0.5, 0.6) is 0 Å². The van der Waals surface area contributed by atoms with Crippen LogP contribution in [0.3, 0.4) is 0 Å². The van der Waals surface area contributed by atoms with E-state index in [-0.39, 0.29) is 23.0 Å². The molecule has 0 fully saturated rings. The first kappa shape index (κ1) is 21.5. The molecule has 0 unspecified atom stereocenters. The van der Waals surface area contributed by atoms with Gasteiger partial charge in [0, 0.05) is 28.1 Å². The normalized spacial score (nSPS) is 11.4. The number of rotatable bonds is 5. The summed E-state index contributed by atoms with van der Waals surface area (Å²) < 4.78 is 31.8. The van der Waals surface area contributed by atoms with Gasteiger partial charge < -0.3 is 9.67 Å². The van der Waals surface area contributed by atoms with Gasteiger partial charge in [0.15, 0.2) is 0 Å². The fourth-order valence-electron chi connectivity index (χ4n) is 4.44. The lowest BCUT2D eigenvalue weighted by Gasteiger charge is -2.12. The Morgan fingerprint density at radius 1 is 0.971 bits per heavy atom. The van der Waals surface area contributed by atoms with Crippen molar-refractivity contribution in [2.75, 3.05) is 0 Å². The van der Waals surface area contributed by atoms with Crippen LogP contribution in [0.1, 0.15) is 11.3 Å². The Bertz CT molecular complexity index is 1640. The molecule has 0 saturated heterocycles.